The third kappa shape index (κ3) is 2.31. The lowest BCUT2D eigenvalue weighted by Crippen LogP contribution is -2.33. The second kappa shape index (κ2) is 4.66. The average Bonchev–Trinajstić information content (AvgIpc) is 2.42. The number of rotatable bonds is 2. The number of benzene rings is 1. The molecule has 0 spiro atoms. The van der Waals surface area contributed by atoms with Crippen LogP contribution >= 0.6 is 0 Å². The van der Waals surface area contributed by atoms with Gasteiger partial charge in [-0.15, -0.1) is 0 Å². The summed E-state index contributed by atoms with van der Waals surface area (Å²) in [4.78, 5) is 0. The molecule has 0 aromatic heterocycles. The van der Waals surface area contributed by atoms with Crippen molar-refractivity contribution in [2.24, 2.45) is 5.73 Å². The lowest BCUT2D eigenvalue weighted by atomic mass is 9.78. The van der Waals surface area contributed by atoms with E-state index in [0.29, 0.717) is 31.0 Å². The van der Waals surface area contributed by atoms with Crippen molar-refractivity contribution in [3.8, 4) is 5.75 Å². The van der Waals surface area contributed by atoms with Gasteiger partial charge in [0, 0.05) is 5.46 Å². The van der Waals surface area contributed by atoms with Crippen molar-refractivity contribution in [3.63, 3.8) is 0 Å². The van der Waals surface area contributed by atoms with Gasteiger partial charge in [0.2, 0.25) is 0 Å². The summed E-state index contributed by atoms with van der Waals surface area (Å²) in [5.41, 5.74) is 7.26. The minimum absolute atomic E-state index is 0.405. The summed E-state index contributed by atoms with van der Waals surface area (Å²) in [6.07, 6.45) is 0.792. The molecule has 0 radical (unpaired) electrons. The van der Waals surface area contributed by atoms with E-state index in [4.69, 9.17) is 15.1 Å². The van der Waals surface area contributed by atoms with Crippen LogP contribution in [0.1, 0.15) is 5.56 Å². The smallest absolute Gasteiger partial charge is 0.492 e. The maximum absolute atomic E-state index is 9.70. The second-order valence-electron chi connectivity index (χ2n) is 3.48. The van der Waals surface area contributed by atoms with Crippen LogP contribution in [0.3, 0.4) is 0 Å². The summed E-state index contributed by atoms with van der Waals surface area (Å²) >= 11 is 0. The molecule has 1 aliphatic rings. The summed E-state index contributed by atoms with van der Waals surface area (Å²) in [6, 6.07) is 5.71. The average molecular weight is 207 g/mol. The minimum atomic E-state index is -0.889. The molecule has 15 heavy (non-hydrogen) atoms. The first kappa shape index (κ1) is 10.5. The SMILES string of the molecule is NCCc1ccc2c(c1)B(O)OCCO2. The summed E-state index contributed by atoms with van der Waals surface area (Å²) < 4.78 is 10.6. The van der Waals surface area contributed by atoms with Crippen LogP contribution in [-0.4, -0.2) is 31.9 Å². The van der Waals surface area contributed by atoms with E-state index in [1.807, 2.05) is 18.2 Å². The Morgan fingerprint density at radius 1 is 1.40 bits per heavy atom. The zero-order valence-corrected chi connectivity index (χ0v) is 8.48. The Hall–Kier alpha value is -1.04. The fourth-order valence-electron chi connectivity index (χ4n) is 1.65. The molecule has 1 aliphatic heterocycles. The number of fused-ring (bicyclic) bond motifs is 1. The Kier molecular flexibility index (Phi) is 3.25. The molecule has 3 N–H and O–H groups in total. The highest BCUT2D eigenvalue weighted by molar-refractivity contribution is 6.61. The van der Waals surface area contributed by atoms with Crippen LogP contribution in [0.25, 0.3) is 0 Å². The third-order valence-corrected chi connectivity index (χ3v) is 2.39. The molecule has 5 heteroatoms. The largest absolute Gasteiger partial charge is 0.495 e. The second-order valence-corrected chi connectivity index (χ2v) is 3.48. The van der Waals surface area contributed by atoms with E-state index in [1.54, 1.807) is 0 Å². The Morgan fingerprint density at radius 2 is 2.27 bits per heavy atom. The highest BCUT2D eigenvalue weighted by Gasteiger charge is 2.24. The van der Waals surface area contributed by atoms with E-state index in [1.165, 1.54) is 0 Å². The summed E-state index contributed by atoms with van der Waals surface area (Å²) in [7, 11) is -0.889. The molecule has 0 bridgehead atoms. The minimum Gasteiger partial charge on any atom is -0.492 e. The highest BCUT2D eigenvalue weighted by Crippen LogP contribution is 2.13. The first-order valence-electron chi connectivity index (χ1n) is 5.06. The zero-order valence-electron chi connectivity index (χ0n) is 8.48. The van der Waals surface area contributed by atoms with Gasteiger partial charge in [-0.1, -0.05) is 12.1 Å². The Labute approximate surface area is 89.1 Å². The van der Waals surface area contributed by atoms with Crippen LogP contribution in [0.2, 0.25) is 0 Å². The van der Waals surface area contributed by atoms with E-state index < -0.39 is 7.12 Å². The van der Waals surface area contributed by atoms with Crippen molar-refractivity contribution >= 4 is 12.6 Å². The Balaban J connectivity index is 2.31. The fourth-order valence-corrected chi connectivity index (χ4v) is 1.65. The Bertz CT molecular complexity index is 345. The molecular weight excluding hydrogens is 193 g/mol. The molecule has 80 valence electrons. The molecule has 1 aromatic rings. The van der Waals surface area contributed by atoms with Crippen LogP contribution < -0.4 is 15.9 Å². The molecule has 0 saturated carbocycles. The van der Waals surface area contributed by atoms with Gasteiger partial charge in [-0.25, -0.2) is 0 Å². The van der Waals surface area contributed by atoms with E-state index >= 15 is 0 Å². The Morgan fingerprint density at radius 3 is 3.07 bits per heavy atom. The predicted octanol–water partition coefficient (Wildman–Crippen LogP) is -0.716. The van der Waals surface area contributed by atoms with Crippen molar-refractivity contribution in [1.82, 2.24) is 0 Å². The third-order valence-electron chi connectivity index (χ3n) is 2.39. The molecule has 0 atom stereocenters. The van der Waals surface area contributed by atoms with Gasteiger partial charge in [0.25, 0.3) is 0 Å². The van der Waals surface area contributed by atoms with Crippen LogP contribution in [0.4, 0.5) is 0 Å². The van der Waals surface area contributed by atoms with Crippen molar-refractivity contribution < 1.29 is 14.4 Å². The summed E-state index contributed by atoms with van der Waals surface area (Å²) in [5.74, 6) is 0.695. The molecule has 1 heterocycles. The van der Waals surface area contributed by atoms with Crippen LogP contribution in [0.15, 0.2) is 18.2 Å². The van der Waals surface area contributed by atoms with Crippen LogP contribution in [0.5, 0.6) is 5.75 Å². The molecule has 0 fully saturated rings. The van der Waals surface area contributed by atoms with Gasteiger partial charge >= 0.3 is 7.12 Å². The van der Waals surface area contributed by atoms with E-state index in [2.05, 4.69) is 0 Å². The maximum atomic E-state index is 9.70. The topological polar surface area (TPSA) is 64.7 Å². The van der Waals surface area contributed by atoms with Crippen molar-refractivity contribution in [3.05, 3.63) is 23.8 Å². The van der Waals surface area contributed by atoms with Gasteiger partial charge in [-0.05, 0) is 24.6 Å². The lowest BCUT2D eigenvalue weighted by molar-refractivity contribution is 0.210. The quantitative estimate of drug-likeness (QED) is 0.628. The van der Waals surface area contributed by atoms with E-state index in [0.717, 1.165) is 12.0 Å². The van der Waals surface area contributed by atoms with Crippen molar-refractivity contribution in [1.29, 1.82) is 0 Å². The van der Waals surface area contributed by atoms with Crippen molar-refractivity contribution in [2.75, 3.05) is 19.8 Å². The van der Waals surface area contributed by atoms with Gasteiger partial charge < -0.3 is 20.1 Å². The summed E-state index contributed by atoms with van der Waals surface area (Å²) in [5, 5.41) is 9.70. The molecular formula is C10H14BNO3. The number of nitrogens with two attached hydrogens (primary N) is 1. The van der Waals surface area contributed by atoms with Gasteiger partial charge in [0.1, 0.15) is 12.4 Å². The summed E-state index contributed by atoms with van der Waals surface area (Å²) in [6.45, 7) is 1.47. The van der Waals surface area contributed by atoms with Gasteiger partial charge in [0.05, 0.1) is 6.61 Å². The van der Waals surface area contributed by atoms with Gasteiger partial charge in [0.15, 0.2) is 0 Å². The van der Waals surface area contributed by atoms with Crippen LogP contribution in [-0.2, 0) is 11.1 Å². The molecule has 0 aliphatic carbocycles. The first-order valence-corrected chi connectivity index (χ1v) is 5.06. The highest BCUT2D eigenvalue weighted by atomic mass is 16.6. The predicted molar refractivity (Wildman–Crippen MR) is 58.3 cm³/mol. The fraction of sp³-hybridized carbons (Fsp3) is 0.400. The van der Waals surface area contributed by atoms with Crippen LogP contribution in [0, 0.1) is 0 Å². The molecule has 4 nitrogen and oxygen atoms in total. The molecule has 1 aromatic carbocycles. The first-order chi connectivity index (χ1) is 7.31. The molecule has 2 rings (SSSR count). The van der Waals surface area contributed by atoms with E-state index in [9.17, 15) is 5.02 Å². The standard InChI is InChI=1S/C10H14BNO3/c12-4-3-8-1-2-10-9(7-8)11(13)15-6-5-14-10/h1-2,7,13H,3-6,12H2. The van der Waals surface area contributed by atoms with Crippen molar-refractivity contribution in [2.45, 2.75) is 6.42 Å². The number of hydrogen-bond donors (Lipinski definition) is 2. The zero-order chi connectivity index (χ0) is 10.7. The van der Waals surface area contributed by atoms with Gasteiger partial charge in [-0.3, -0.25) is 0 Å². The van der Waals surface area contributed by atoms with E-state index in [-0.39, 0.29) is 0 Å². The number of hydrogen-bond acceptors (Lipinski definition) is 4. The molecule has 0 saturated heterocycles. The maximum Gasteiger partial charge on any atom is 0.495 e. The molecule has 0 unspecified atom stereocenters. The lowest BCUT2D eigenvalue weighted by Gasteiger charge is -2.09. The monoisotopic (exact) mass is 207 g/mol. The molecule has 0 amide bonds. The van der Waals surface area contributed by atoms with Gasteiger partial charge in [-0.2, -0.15) is 0 Å². The number of ether oxygens (including phenoxy) is 1. The normalized spacial score (nSPS) is 15.5.